The van der Waals surface area contributed by atoms with Crippen molar-refractivity contribution in [2.45, 2.75) is 13.8 Å². The molecule has 116 valence electrons. The van der Waals surface area contributed by atoms with Crippen LogP contribution < -0.4 is 21.1 Å². The summed E-state index contributed by atoms with van der Waals surface area (Å²) >= 11 is 0. The Morgan fingerprint density at radius 3 is 1.25 bits per heavy atom. The summed E-state index contributed by atoms with van der Waals surface area (Å²) < 4.78 is 0. The van der Waals surface area contributed by atoms with Crippen LogP contribution in [0.15, 0.2) is 60.7 Å². The van der Waals surface area contributed by atoms with Crippen LogP contribution in [0.4, 0.5) is 11.4 Å². The van der Waals surface area contributed by atoms with E-state index in [0.29, 0.717) is 0 Å². The van der Waals surface area contributed by atoms with Gasteiger partial charge in [0.25, 0.3) is 0 Å². The molecule has 3 aromatic carbocycles. The lowest BCUT2D eigenvalue weighted by Crippen LogP contribution is -2.21. The van der Waals surface area contributed by atoms with Crippen LogP contribution in [0.2, 0.25) is 0 Å². The molecule has 2 nitrogen and oxygen atoms in total. The highest BCUT2D eigenvalue weighted by atomic mass is 15.0. The van der Waals surface area contributed by atoms with E-state index in [9.17, 15) is 0 Å². The highest BCUT2D eigenvalue weighted by Crippen LogP contribution is 2.30. The zero-order valence-electron chi connectivity index (χ0n) is 13.8. The molecular weight excluding hydrogens is 292 g/mol. The summed E-state index contributed by atoms with van der Waals surface area (Å²) in [4.78, 5) is 0. The molecule has 3 aromatic rings. The molecule has 0 unspecified atom stereocenters. The van der Waals surface area contributed by atoms with Gasteiger partial charge < -0.3 is 10.6 Å². The maximum Gasteiger partial charge on any atom is 0.0707 e. The summed E-state index contributed by atoms with van der Waals surface area (Å²) in [6.45, 7) is 4.29. The Balaban J connectivity index is 2.07. The fourth-order valence-corrected chi connectivity index (χ4v) is 3.91. The number of hydrogen-bond acceptors (Lipinski definition) is 2. The van der Waals surface area contributed by atoms with Crippen molar-refractivity contribution < 1.29 is 0 Å². The second-order valence-corrected chi connectivity index (χ2v) is 6.50. The fourth-order valence-electron chi connectivity index (χ4n) is 3.91. The molecule has 24 heavy (non-hydrogen) atoms. The molecule has 0 saturated heterocycles. The van der Waals surface area contributed by atoms with Gasteiger partial charge in [-0.25, -0.2) is 0 Å². The summed E-state index contributed by atoms with van der Waals surface area (Å²) in [5.41, 5.74) is 4.75. The van der Waals surface area contributed by atoms with E-state index in [1.165, 1.54) is 54.1 Å². The van der Waals surface area contributed by atoms with Crippen LogP contribution in [0, 0.1) is 20.9 Å². The molecule has 0 amide bonds. The third-order valence-electron chi connectivity index (χ3n) is 5.07. The van der Waals surface area contributed by atoms with Crippen LogP contribution in [0.5, 0.6) is 0 Å². The van der Waals surface area contributed by atoms with Gasteiger partial charge in [-0.1, -0.05) is 60.7 Å². The lowest BCUT2D eigenvalue weighted by Gasteiger charge is -2.21. The van der Waals surface area contributed by atoms with Crippen LogP contribution >= 0.6 is 0 Å². The summed E-state index contributed by atoms with van der Waals surface area (Å²) in [5, 5.41) is 14.9. The quantitative estimate of drug-likeness (QED) is 0.665. The van der Waals surface area contributed by atoms with Gasteiger partial charge in [0.05, 0.1) is 11.4 Å². The van der Waals surface area contributed by atoms with Crippen LogP contribution in [0.1, 0.15) is 13.8 Å². The lowest BCUT2D eigenvalue weighted by molar-refractivity contribution is 1.29. The molecule has 2 heterocycles. The largest absolute Gasteiger partial charge is 0.356 e. The van der Waals surface area contributed by atoms with Gasteiger partial charge in [0.15, 0.2) is 0 Å². The minimum Gasteiger partial charge on any atom is -0.356 e. The normalized spacial score (nSPS) is 13.9. The summed E-state index contributed by atoms with van der Waals surface area (Å²) in [5.74, 6) is 0. The minimum absolute atomic E-state index is 1.18. The number of anilines is 2. The molecule has 0 spiro atoms. The monoisotopic (exact) mass is 310 g/mol. The molecule has 0 bridgehead atoms. The smallest absolute Gasteiger partial charge is 0.0707 e. The Kier molecular flexibility index (Phi) is 2.66. The van der Waals surface area contributed by atoms with Gasteiger partial charge in [0.2, 0.25) is 0 Å². The molecule has 2 aliphatic rings. The molecule has 0 radical (unpaired) electrons. The molecular formula is C22H18N2. The number of fused-ring (bicyclic) bond motifs is 5. The van der Waals surface area contributed by atoms with Crippen molar-refractivity contribution in [3.8, 4) is 0 Å². The summed E-state index contributed by atoms with van der Waals surface area (Å²) in [6, 6.07) is 21.7. The molecule has 0 atom stereocenters. The van der Waals surface area contributed by atoms with Crippen LogP contribution in [-0.4, -0.2) is 0 Å². The van der Waals surface area contributed by atoms with E-state index in [1.54, 1.807) is 0 Å². The fraction of sp³-hybridized carbons (Fsp3) is 0.0909. The van der Waals surface area contributed by atoms with E-state index in [-0.39, 0.29) is 0 Å². The van der Waals surface area contributed by atoms with Gasteiger partial charge >= 0.3 is 0 Å². The third-order valence-corrected chi connectivity index (χ3v) is 5.07. The minimum atomic E-state index is 1.18. The summed E-state index contributed by atoms with van der Waals surface area (Å²) in [6.07, 6.45) is 0. The van der Waals surface area contributed by atoms with E-state index in [1.807, 2.05) is 0 Å². The highest BCUT2D eigenvalue weighted by Gasteiger charge is 2.14. The maximum absolute atomic E-state index is 3.64. The maximum atomic E-state index is 3.64. The van der Waals surface area contributed by atoms with Crippen molar-refractivity contribution in [2.24, 2.45) is 0 Å². The van der Waals surface area contributed by atoms with Gasteiger partial charge in [0, 0.05) is 32.3 Å². The Bertz CT molecular complexity index is 1210. The lowest BCUT2D eigenvalue weighted by atomic mass is 10.0. The second-order valence-electron chi connectivity index (χ2n) is 6.50. The van der Waals surface area contributed by atoms with Crippen molar-refractivity contribution in [1.29, 1.82) is 0 Å². The van der Waals surface area contributed by atoms with E-state index >= 15 is 0 Å². The van der Waals surface area contributed by atoms with Crippen molar-refractivity contribution in [3.05, 3.63) is 92.0 Å². The van der Waals surface area contributed by atoms with Crippen LogP contribution in [0.25, 0.3) is 11.4 Å². The predicted octanol–water partition coefficient (Wildman–Crippen LogP) is 3.37. The standard InChI is InChI=1S/C22H18N2/c1-13-15-7-3-5-9-17(15)19-11-12-20-18-10-6-4-8-16(18)14(2)24-22(20)21(19)23-13/h3-12,23-24H,1-2H3. The average molecular weight is 310 g/mol. The molecule has 0 aliphatic carbocycles. The topological polar surface area (TPSA) is 24.1 Å². The first-order valence-corrected chi connectivity index (χ1v) is 8.32. The molecule has 2 aliphatic heterocycles. The SMILES string of the molecule is CC1=c2ccccc2=c2ccc3c(c2N1)NC(C)=c1ccccc1=3. The first kappa shape index (κ1) is 13.4. The van der Waals surface area contributed by atoms with Crippen molar-refractivity contribution in [3.63, 3.8) is 0 Å². The third kappa shape index (κ3) is 1.71. The van der Waals surface area contributed by atoms with Gasteiger partial charge in [-0.15, -0.1) is 0 Å². The number of hydrogen-bond donors (Lipinski definition) is 2. The Labute approximate surface area is 139 Å². The van der Waals surface area contributed by atoms with E-state index in [2.05, 4.69) is 85.1 Å². The molecule has 0 aromatic heterocycles. The average Bonchev–Trinajstić information content (AvgIpc) is 2.62. The Morgan fingerprint density at radius 2 is 0.833 bits per heavy atom. The van der Waals surface area contributed by atoms with Gasteiger partial charge in [0.1, 0.15) is 0 Å². The zero-order chi connectivity index (χ0) is 16.3. The van der Waals surface area contributed by atoms with Gasteiger partial charge in [-0.2, -0.15) is 0 Å². The van der Waals surface area contributed by atoms with E-state index in [0.717, 1.165) is 0 Å². The first-order valence-electron chi connectivity index (χ1n) is 8.32. The van der Waals surface area contributed by atoms with Crippen LogP contribution in [0.3, 0.4) is 0 Å². The second kappa shape index (κ2) is 4.75. The van der Waals surface area contributed by atoms with Crippen LogP contribution in [-0.2, 0) is 0 Å². The highest BCUT2D eigenvalue weighted by molar-refractivity contribution is 5.84. The van der Waals surface area contributed by atoms with E-state index < -0.39 is 0 Å². The van der Waals surface area contributed by atoms with Crippen molar-refractivity contribution in [1.82, 2.24) is 0 Å². The van der Waals surface area contributed by atoms with E-state index in [4.69, 9.17) is 0 Å². The molecule has 0 fully saturated rings. The Hall–Kier alpha value is -3.00. The number of benzene rings is 3. The van der Waals surface area contributed by atoms with Crippen molar-refractivity contribution in [2.75, 3.05) is 10.6 Å². The van der Waals surface area contributed by atoms with Crippen molar-refractivity contribution >= 4 is 22.8 Å². The summed E-state index contributed by atoms with van der Waals surface area (Å²) in [7, 11) is 0. The Morgan fingerprint density at radius 1 is 0.458 bits per heavy atom. The first-order chi connectivity index (χ1) is 11.7. The zero-order valence-corrected chi connectivity index (χ0v) is 13.8. The number of nitrogens with one attached hydrogen (secondary N) is 2. The number of rotatable bonds is 0. The predicted molar refractivity (Wildman–Crippen MR) is 99.3 cm³/mol. The van der Waals surface area contributed by atoms with Gasteiger partial charge in [-0.05, 0) is 24.3 Å². The molecule has 2 N–H and O–H groups in total. The molecule has 2 heteroatoms. The molecule has 0 saturated carbocycles. The van der Waals surface area contributed by atoms with Gasteiger partial charge in [-0.3, -0.25) is 0 Å². The molecule has 5 rings (SSSR count).